The highest BCUT2D eigenvalue weighted by Crippen LogP contribution is 2.21. The van der Waals surface area contributed by atoms with Gasteiger partial charge < -0.3 is 10.1 Å². The smallest absolute Gasteiger partial charge is 0.269 e. The topological polar surface area (TPSA) is 84.7 Å². The Labute approximate surface area is 158 Å². The van der Waals surface area contributed by atoms with Crippen LogP contribution in [0.25, 0.3) is 0 Å². The van der Waals surface area contributed by atoms with E-state index >= 15 is 0 Å². The second kappa shape index (κ2) is 9.25. The third-order valence-corrected chi connectivity index (χ3v) is 4.60. The van der Waals surface area contributed by atoms with Crippen molar-refractivity contribution in [2.75, 3.05) is 32.8 Å². The van der Waals surface area contributed by atoms with Gasteiger partial charge in [0, 0.05) is 43.9 Å². The lowest BCUT2D eigenvalue weighted by molar-refractivity contribution is -0.384. The van der Waals surface area contributed by atoms with Gasteiger partial charge in [0.2, 0.25) is 0 Å². The summed E-state index contributed by atoms with van der Waals surface area (Å²) in [5.74, 6) is -0.214. The molecular formula is C20H23N3O4. The molecule has 142 valence electrons. The molecule has 1 aliphatic rings. The van der Waals surface area contributed by atoms with Crippen LogP contribution in [-0.2, 0) is 4.74 Å². The molecule has 1 aliphatic heterocycles. The molecule has 0 saturated carbocycles. The van der Waals surface area contributed by atoms with Crippen molar-refractivity contribution in [1.82, 2.24) is 10.2 Å². The highest BCUT2D eigenvalue weighted by molar-refractivity contribution is 5.94. The van der Waals surface area contributed by atoms with Crippen LogP contribution in [0.1, 0.15) is 28.4 Å². The van der Waals surface area contributed by atoms with E-state index in [0.29, 0.717) is 18.7 Å². The molecular weight excluding hydrogens is 346 g/mol. The number of nitrogens with one attached hydrogen (secondary N) is 1. The van der Waals surface area contributed by atoms with Gasteiger partial charge in [0.05, 0.1) is 17.6 Å². The minimum absolute atomic E-state index is 0.0214. The Bertz CT molecular complexity index is 765. The molecule has 1 saturated heterocycles. The van der Waals surface area contributed by atoms with E-state index in [2.05, 4.69) is 22.3 Å². The average molecular weight is 369 g/mol. The molecule has 0 spiro atoms. The third-order valence-electron chi connectivity index (χ3n) is 4.60. The molecule has 1 heterocycles. The number of hydrogen-bond donors (Lipinski definition) is 1. The molecule has 2 aromatic carbocycles. The van der Waals surface area contributed by atoms with E-state index < -0.39 is 4.92 Å². The lowest BCUT2D eigenvalue weighted by Gasteiger charge is -2.33. The van der Waals surface area contributed by atoms with Gasteiger partial charge in [0.15, 0.2) is 0 Å². The van der Waals surface area contributed by atoms with Gasteiger partial charge in [0.25, 0.3) is 11.6 Å². The van der Waals surface area contributed by atoms with Gasteiger partial charge in [-0.05, 0) is 24.1 Å². The van der Waals surface area contributed by atoms with Gasteiger partial charge in [0.1, 0.15) is 0 Å². The standard InChI is InChI=1S/C20H23N3O4/c24-20(17-7-9-18(10-8-17)23(25)26)21-11-4-12-22-13-14-27-19(15-22)16-5-2-1-3-6-16/h1-3,5-10,19H,4,11-15H2,(H,21,24). The number of nitrogens with zero attached hydrogens (tertiary/aromatic N) is 2. The molecule has 1 amide bonds. The maximum absolute atomic E-state index is 12.1. The molecule has 1 atom stereocenters. The number of carbonyl (C=O) groups is 1. The first-order valence-corrected chi connectivity index (χ1v) is 9.05. The Morgan fingerprint density at radius 1 is 1.19 bits per heavy atom. The number of amides is 1. The minimum Gasteiger partial charge on any atom is -0.371 e. The highest BCUT2D eigenvalue weighted by atomic mass is 16.6. The van der Waals surface area contributed by atoms with Gasteiger partial charge in [-0.3, -0.25) is 19.8 Å². The SMILES string of the molecule is O=C(NCCCN1CCOC(c2ccccc2)C1)c1ccc([N+](=O)[O-])cc1. The number of nitro groups is 1. The number of hydrogen-bond acceptors (Lipinski definition) is 5. The van der Waals surface area contributed by atoms with Crippen molar-refractivity contribution < 1.29 is 14.5 Å². The summed E-state index contributed by atoms with van der Waals surface area (Å²) in [6.07, 6.45) is 0.926. The number of nitro benzene ring substituents is 1. The maximum Gasteiger partial charge on any atom is 0.269 e. The number of rotatable bonds is 7. The van der Waals surface area contributed by atoms with Crippen LogP contribution >= 0.6 is 0 Å². The Balaban J connectivity index is 1.40. The van der Waals surface area contributed by atoms with Crippen molar-refractivity contribution in [3.8, 4) is 0 Å². The summed E-state index contributed by atoms with van der Waals surface area (Å²) in [5.41, 5.74) is 1.59. The van der Waals surface area contributed by atoms with Crippen molar-refractivity contribution in [2.24, 2.45) is 0 Å². The zero-order chi connectivity index (χ0) is 19.1. The largest absolute Gasteiger partial charge is 0.371 e. The summed E-state index contributed by atoms with van der Waals surface area (Å²) in [5, 5.41) is 13.5. The second-order valence-corrected chi connectivity index (χ2v) is 6.48. The third kappa shape index (κ3) is 5.35. The number of ether oxygens (including phenoxy) is 1. The highest BCUT2D eigenvalue weighted by Gasteiger charge is 2.21. The van der Waals surface area contributed by atoms with Crippen molar-refractivity contribution >= 4 is 11.6 Å². The monoisotopic (exact) mass is 369 g/mol. The zero-order valence-electron chi connectivity index (χ0n) is 15.0. The van der Waals surface area contributed by atoms with E-state index in [4.69, 9.17) is 4.74 Å². The molecule has 2 aromatic rings. The molecule has 1 N–H and O–H groups in total. The number of non-ortho nitro benzene ring substituents is 1. The lowest BCUT2D eigenvalue weighted by Crippen LogP contribution is -2.39. The number of morpholine rings is 1. The van der Waals surface area contributed by atoms with Crippen molar-refractivity contribution in [3.05, 3.63) is 75.8 Å². The second-order valence-electron chi connectivity index (χ2n) is 6.48. The fraction of sp³-hybridized carbons (Fsp3) is 0.350. The molecule has 0 aliphatic carbocycles. The van der Waals surface area contributed by atoms with Crippen LogP contribution in [0.5, 0.6) is 0 Å². The lowest BCUT2D eigenvalue weighted by atomic mass is 10.1. The zero-order valence-corrected chi connectivity index (χ0v) is 15.0. The molecule has 1 unspecified atom stereocenters. The summed E-state index contributed by atoms with van der Waals surface area (Å²) in [6.45, 7) is 3.88. The van der Waals surface area contributed by atoms with Crippen LogP contribution in [0.2, 0.25) is 0 Å². The van der Waals surface area contributed by atoms with Crippen molar-refractivity contribution in [2.45, 2.75) is 12.5 Å². The first-order valence-electron chi connectivity index (χ1n) is 9.05. The summed E-state index contributed by atoms with van der Waals surface area (Å²) >= 11 is 0. The van der Waals surface area contributed by atoms with Crippen LogP contribution in [-0.4, -0.2) is 48.5 Å². The molecule has 7 nitrogen and oxygen atoms in total. The van der Waals surface area contributed by atoms with Crippen LogP contribution in [0.15, 0.2) is 54.6 Å². The van der Waals surface area contributed by atoms with Gasteiger partial charge in [-0.1, -0.05) is 30.3 Å². The predicted octanol–water partition coefficient (Wildman–Crippen LogP) is 2.79. The Morgan fingerprint density at radius 2 is 1.93 bits per heavy atom. The fourth-order valence-electron chi connectivity index (χ4n) is 3.12. The molecule has 0 aromatic heterocycles. The number of carbonyl (C=O) groups excluding carboxylic acids is 1. The van der Waals surface area contributed by atoms with Gasteiger partial charge in [-0.2, -0.15) is 0 Å². The molecule has 3 rings (SSSR count). The quantitative estimate of drug-likeness (QED) is 0.461. The maximum atomic E-state index is 12.1. The molecule has 1 fully saturated rings. The van der Waals surface area contributed by atoms with E-state index in [1.807, 2.05) is 18.2 Å². The number of benzene rings is 2. The summed E-state index contributed by atoms with van der Waals surface area (Å²) in [4.78, 5) is 24.6. The van der Waals surface area contributed by atoms with E-state index in [9.17, 15) is 14.9 Å². The van der Waals surface area contributed by atoms with Crippen LogP contribution in [0, 0.1) is 10.1 Å². The van der Waals surface area contributed by atoms with E-state index in [1.165, 1.54) is 29.8 Å². The normalized spacial score (nSPS) is 17.4. The summed E-state index contributed by atoms with van der Waals surface area (Å²) in [6, 6.07) is 15.8. The van der Waals surface area contributed by atoms with Gasteiger partial charge >= 0.3 is 0 Å². The molecule has 0 radical (unpaired) electrons. The molecule has 7 heteroatoms. The molecule has 0 bridgehead atoms. The van der Waals surface area contributed by atoms with E-state index in [-0.39, 0.29) is 17.7 Å². The average Bonchev–Trinajstić information content (AvgIpc) is 2.72. The van der Waals surface area contributed by atoms with Crippen LogP contribution in [0.4, 0.5) is 5.69 Å². The Kier molecular flexibility index (Phi) is 6.51. The fourth-order valence-corrected chi connectivity index (χ4v) is 3.12. The van der Waals surface area contributed by atoms with Crippen molar-refractivity contribution in [1.29, 1.82) is 0 Å². The first kappa shape index (κ1) is 19.0. The van der Waals surface area contributed by atoms with Gasteiger partial charge in [-0.25, -0.2) is 0 Å². The first-order chi connectivity index (χ1) is 13.1. The predicted molar refractivity (Wildman–Crippen MR) is 102 cm³/mol. The van der Waals surface area contributed by atoms with Crippen LogP contribution in [0.3, 0.4) is 0 Å². The van der Waals surface area contributed by atoms with E-state index in [1.54, 1.807) is 0 Å². The Morgan fingerprint density at radius 3 is 2.63 bits per heavy atom. The van der Waals surface area contributed by atoms with E-state index in [0.717, 1.165) is 26.1 Å². The molecule has 27 heavy (non-hydrogen) atoms. The Hall–Kier alpha value is -2.77. The summed E-state index contributed by atoms with van der Waals surface area (Å²) in [7, 11) is 0. The minimum atomic E-state index is -0.479. The van der Waals surface area contributed by atoms with Crippen LogP contribution < -0.4 is 5.32 Å². The van der Waals surface area contributed by atoms with Gasteiger partial charge in [-0.15, -0.1) is 0 Å². The van der Waals surface area contributed by atoms with Crippen molar-refractivity contribution in [3.63, 3.8) is 0 Å². The summed E-state index contributed by atoms with van der Waals surface area (Å²) < 4.78 is 5.86.